The van der Waals surface area contributed by atoms with E-state index in [0.717, 1.165) is 0 Å². The quantitative estimate of drug-likeness (QED) is 0.727. The van der Waals surface area contributed by atoms with E-state index in [1.165, 1.54) is 15.3 Å². The maximum Gasteiger partial charge on any atom is 0.340 e. The molecule has 0 aliphatic rings. The molecule has 0 radical (unpaired) electrons. The highest BCUT2D eigenvalue weighted by Gasteiger charge is 2.10. The molecule has 2 heterocycles. The normalized spacial score (nSPS) is 10.8. The molecule has 0 unspecified atom stereocenters. The van der Waals surface area contributed by atoms with Gasteiger partial charge in [-0.3, -0.25) is 4.57 Å². The van der Waals surface area contributed by atoms with Crippen molar-refractivity contribution in [3.05, 3.63) is 51.7 Å². The number of benzene rings is 1. The highest BCUT2D eigenvalue weighted by atomic mass is 79.9. The van der Waals surface area contributed by atoms with Crippen molar-refractivity contribution >= 4 is 21.6 Å². The lowest BCUT2D eigenvalue weighted by molar-refractivity contribution is 0.355. The van der Waals surface area contributed by atoms with Gasteiger partial charge in [-0.15, -0.1) is 0 Å². The van der Waals surface area contributed by atoms with Crippen LogP contribution in [0.25, 0.3) is 11.3 Å². The molecule has 7 heteroatoms. The van der Waals surface area contributed by atoms with E-state index in [0.29, 0.717) is 27.4 Å². The molecule has 1 aromatic carbocycles. The molecule has 3 rings (SSSR count). The molecule has 0 aliphatic carbocycles. The first-order chi connectivity index (χ1) is 10.2. The molecule has 0 aliphatic heterocycles. The molecule has 0 fully saturated rings. The summed E-state index contributed by atoms with van der Waals surface area (Å²) in [6.45, 7) is 0. The zero-order valence-electron chi connectivity index (χ0n) is 11.4. The van der Waals surface area contributed by atoms with Crippen molar-refractivity contribution in [2.45, 2.75) is 0 Å². The van der Waals surface area contributed by atoms with Gasteiger partial charge in [0.1, 0.15) is 12.0 Å². The van der Waals surface area contributed by atoms with Crippen LogP contribution in [0.2, 0.25) is 0 Å². The van der Waals surface area contributed by atoms with E-state index in [1.807, 2.05) is 0 Å². The molecule has 21 heavy (non-hydrogen) atoms. The summed E-state index contributed by atoms with van der Waals surface area (Å²) in [5, 5.41) is 0. The Hall–Kier alpha value is -2.28. The largest absolute Gasteiger partial charge is 0.493 e. The van der Waals surface area contributed by atoms with Gasteiger partial charge in [-0.05, 0) is 40.2 Å². The van der Waals surface area contributed by atoms with Crippen LogP contribution in [0.15, 0.2) is 46.1 Å². The summed E-state index contributed by atoms with van der Waals surface area (Å²) in [4.78, 5) is 16.8. The van der Waals surface area contributed by atoms with E-state index in [1.54, 1.807) is 44.6 Å². The van der Waals surface area contributed by atoms with E-state index < -0.39 is 0 Å². The molecule has 0 amide bonds. The third-order valence-corrected chi connectivity index (χ3v) is 3.78. The van der Waals surface area contributed by atoms with Crippen molar-refractivity contribution in [3.63, 3.8) is 0 Å². The molecule has 0 spiro atoms. The van der Waals surface area contributed by atoms with Crippen LogP contribution in [0.5, 0.6) is 11.5 Å². The maximum atomic E-state index is 12.5. The fourth-order valence-electron chi connectivity index (χ4n) is 2.12. The smallest absolute Gasteiger partial charge is 0.340 e. The van der Waals surface area contributed by atoms with Crippen LogP contribution >= 0.6 is 15.9 Å². The van der Waals surface area contributed by atoms with Crippen LogP contribution in [-0.2, 0) is 0 Å². The van der Waals surface area contributed by atoms with E-state index in [2.05, 4.69) is 20.9 Å². The Morgan fingerprint density at radius 3 is 2.57 bits per heavy atom. The Kier molecular flexibility index (Phi) is 3.42. The Balaban J connectivity index is 2.23. The predicted molar refractivity (Wildman–Crippen MR) is 81.6 cm³/mol. The molecular formula is C14H12BrN3O3. The monoisotopic (exact) mass is 349 g/mol. The minimum atomic E-state index is -0.218. The van der Waals surface area contributed by atoms with Gasteiger partial charge in [0.25, 0.3) is 0 Å². The van der Waals surface area contributed by atoms with Crippen molar-refractivity contribution in [1.82, 2.24) is 14.0 Å². The molecule has 0 atom stereocenters. The molecule has 108 valence electrons. The number of rotatable bonds is 3. The molecule has 2 aromatic heterocycles. The standard InChI is InChI=1S/C14H12BrN3O3/c1-20-10-4-3-9(7-11(10)21-2)17-8-16-13-6-5-12(15)18(13)14(17)19/h3-8H,1-2H3. The van der Waals surface area contributed by atoms with Crippen LogP contribution in [0.3, 0.4) is 0 Å². The minimum Gasteiger partial charge on any atom is -0.493 e. The Morgan fingerprint density at radius 1 is 1.10 bits per heavy atom. The summed E-state index contributed by atoms with van der Waals surface area (Å²) in [6, 6.07) is 8.79. The second kappa shape index (κ2) is 5.25. The molecule has 0 N–H and O–H groups in total. The van der Waals surface area contributed by atoms with Crippen molar-refractivity contribution in [2.24, 2.45) is 0 Å². The lowest BCUT2D eigenvalue weighted by atomic mass is 10.2. The molecule has 0 bridgehead atoms. The van der Waals surface area contributed by atoms with Crippen molar-refractivity contribution in [3.8, 4) is 17.2 Å². The van der Waals surface area contributed by atoms with Gasteiger partial charge in [0.15, 0.2) is 11.5 Å². The van der Waals surface area contributed by atoms with Crippen LogP contribution in [-0.4, -0.2) is 28.2 Å². The summed E-state index contributed by atoms with van der Waals surface area (Å²) < 4.78 is 14.0. The molecular weight excluding hydrogens is 338 g/mol. The van der Waals surface area contributed by atoms with Crippen LogP contribution in [0.1, 0.15) is 0 Å². The van der Waals surface area contributed by atoms with Crippen molar-refractivity contribution in [2.75, 3.05) is 14.2 Å². The fourth-order valence-corrected chi connectivity index (χ4v) is 2.58. The SMILES string of the molecule is COc1ccc(-n2cnc3ccc(Br)n3c2=O)cc1OC. The number of aromatic nitrogens is 3. The van der Waals surface area contributed by atoms with Crippen molar-refractivity contribution in [1.29, 1.82) is 0 Å². The molecule has 6 nitrogen and oxygen atoms in total. The Bertz CT molecular complexity index is 870. The number of halogens is 1. The van der Waals surface area contributed by atoms with Crippen molar-refractivity contribution < 1.29 is 9.47 Å². The second-order valence-corrected chi connectivity index (χ2v) is 5.10. The molecule has 0 saturated carbocycles. The highest BCUT2D eigenvalue weighted by Crippen LogP contribution is 2.28. The first-order valence-electron chi connectivity index (χ1n) is 6.12. The van der Waals surface area contributed by atoms with Crippen LogP contribution < -0.4 is 15.2 Å². The summed E-state index contributed by atoms with van der Waals surface area (Å²) in [5.74, 6) is 1.15. The third-order valence-electron chi connectivity index (χ3n) is 3.16. The number of fused-ring (bicyclic) bond motifs is 1. The first-order valence-corrected chi connectivity index (χ1v) is 6.92. The van der Waals surface area contributed by atoms with Gasteiger partial charge in [-0.1, -0.05) is 0 Å². The van der Waals surface area contributed by atoms with Crippen LogP contribution in [0, 0.1) is 0 Å². The molecule has 3 aromatic rings. The Morgan fingerprint density at radius 2 is 1.86 bits per heavy atom. The van der Waals surface area contributed by atoms with Gasteiger partial charge < -0.3 is 9.47 Å². The number of methoxy groups -OCH3 is 2. The van der Waals surface area contributed by atoms with Gasteiger partial charge in [0.2, 0.25) is 0 Å². The summed E-state index contributed by atoms with van der Waals surface area (Å²) in [7, 11) is 3.11. The lowest BCUT2D eigenvalue weighted by Gasteiger charge is -2.11. The number of ether oxygens (including phenoxy) is 2. The zero-order chi connectivity index (χ0) is 15.0. The van der Waals surface area contributed by atoms with E-state index in [9.17, 15) is 4.79 Å². The first kappa shape index (κ1) is 13.7. The minimum absolute atomic E-state index is 0.218. The van der Waals surface area contributed by atoms with Gasteiger partial charge in [-0.25, -0.2) is 14.2 Å². The predicted octanol–water partition coefficient (Wildman–Crippen LogP) is 2.26. The average molecular weight is 350 g/mol. The fraction of sp³-hybridized carbons (Fsp3) is 0.143. The maximum absolute atomic E-state index is 12.5. The third kappa shape index (κ3) is 2.19. The lowest BCUT2D eigenvalue weighted by Crippen LogP contribution is -2.25. The van der Waals surface area contributed by atoms with E-state index in [4.69, 9.17) is 9.47 Å². The van der Waals surface area contributed by atoms with Gasteiger partial charge in [-0.2, -0.15) is 0 Å². The molecule has 0 saturated heterocycles. The zero-order valence-corrected chi connectivity index (χ0v) is 13.0. The topological polar surface area (TPSA) is 57.8 Å². The summed E-state index contributed by atoms with van der Waals surface area (Å²) in [5.41, 5.74) is 1.01. The van der Waals surface area contributed by atoms with Gasteiger partial charge in [0, 0.05) is 6.07 Å². The number of hydrogen-bond donors (Lipinski definition) is 0. The van der Waals surface area contributed by atoms with Crippen LogP contribution in [0.4, 0.5) is 0 Å². The number of hydrogen-bond acceptors (Lipinski definition) is 4. The summed E-state index contributed by atoms with van der Waals surface area (Å²) >= 11 is 3.34. The average Bonchev–Trinajstić information content (AvgIpc) is 2.89. The van der Waals surface area contributed by atoms with E-state index in [-0.39, 0.29) is 5.69 Å². The Labute approximate surface area is 128 Å². The van der Waals surface area contributed by atoms with E-state index >= 15 is 0 Å². The van der Waals surface area contributed by atoms with Gasteiger partial charge in [0.05, 0.1) is 24.5 Å². The highest BCUT2D eigenvalue weighted by molar-refractivity contribution is 9.10. The number of nitrogens with zero attached hydrogens (tertiary/aromatic N) is 3. The second-order valence-electron chi connectivity index (χ2n) is 4.29. The van der Waals surface area contributed by atoms with Gasteiger partial charge >= 0.3 is 5.69 Å². The summed E-state index contributed by atoms with van der Waals surface area (Å²) in [6.07, 6.45) is 1.49.